The molecule has 5 heteroatoms. The standard InChI is InChI=1S/C25H22NO3P/c1-3-29-25(27)23-22(18-9-5-4-6-10-18)20-11-7-8-12-21(20)24(26-23)30(28)19-15-13-17(2)14-16-19/h4-16,28H,3H2,1-2H3. The number of aromatic nitrogens is 1. The first kappa shape index (κ1) is 20.2. The minimum absolute atomic E-state index is 0.227. The van der Waals surface area contributed by atoms with E-state index in [-0.39, 0.29) is 12.3 Å². The molecule has 1 unspecified atom stereocenters. The van der Waals surface area contributed by atoms with E-state index in [4.69, 9.17) is 9.72 Å². The van der Waals surface area contributed by atoms with Gasteiger partial charge in [-0.25, -0.2) is 9.78 Å². The summed E-state index contributed by atoms with van der Waals surface area (Å²) in [6.07, 6.45) is 0. The van der Waals surface area contributed by atoms with Crippen LogP contribution >= 0.6 is 8.15 Å². The number of hydrogen-bond acceptors (Lipinski definition) is 4. The SMILES string of the molecule is CCOC(=O)c1nc(P(O)c2ccc(C)cc2)c2ccccc2c1-c1ccccc1. The van der Waals surface area contributed by atoms with Gasteiger partial charge in [0.2, 0.25) is 0 Å². The van der Waals surface area contributed by atoms with Gasteiger partial charge in [0.25, 0.3) is 0 Å². The van der Waals surface area contributed by atoms with Crippen molar-refractivity contribution in [3.8, 4) is 11.1 Å². The Labute approximate surface area is 177 Å². The smallest absolute Gasteiger partial charge is 0.357 e. The number of carbonyl (C=O) groups is 1. The second-order valence-corrected chi connectivity index (χ2v) is 8.50. The molecular weight excluding hydrogens is 393 g/mol. The van der Waals surface area contributed by atoms with Gasteiger partial charge in [-0.05, 0) is 24.8 Å². The minimum atomic E-state index is -1.73. The summed E-state index contributed by atoms with van der Waals surface area (Å²) in [7, 11) is -1.73. The molecule has 30 heavy (non-hydrogen) atoms. The molecule has 0 bridgehead atoms. The van der Waals surface area contributed by atoms with Crippen LogP contribution in [0.5, 0.6) is 0 Å². The Morgan fingerprint density at radius 1 is 0.933 bits per heavy atom. The number of hydrogen-bond donors (Lipinski definition) is 1. The van der Waals surface area contributed by atoms with E-state index in [1.807, 2.05) is 85.8 Å². The number of esters is 1. The topological polar surface area (TPSA) is 59.4 Å². The molecule has 1 aromatic heterocycles. The minimum Gasteiger partial charge on any atom is -0.461 e. The second-order valence-electron chi connectivity index (χ2n) is 6.94. The van der Waals surface area contributed by atoms with E-state index in [9.17, 15) is 9.69 Å². The number of ether oxygens (including phenoxy) is 1. The van der Waals surface area contributed by atoms with Crippen LogP contribution in [0, 0.1) is 6.92 Å². The van der Waals surface area contributed by atoms with Crippen molar-refractivity contribution < 1.29 is 14.4 Å². The van der Waals surface area contributed by atoms with E-state index < -0.39 is 14.1 Å². The molecule has 0 fully saturated rings. The Bertz CT molecular complexity index is 1190. The monoisotopic (exact) mass is 415 g/mol. The average molecular weight is 415 g/mol. The van der Waals surface area contributed by atoms with Crippen LogP contribution < -0.4 is 10.7 Å². The first-order chi connectivity index (χ1) is 14.6. The molecule has 4 aromatic rings. The van der Waals surface area contributed by atoms with Crippen molar-refractivity contribution in [3.63, 3.8) is 0 Å². The fraction of sp³-hybridized carbons (Fsp3) is 0.120. The van der Waals surface area contributed by atoms with Crippen molar-refractivity contribution in [3.05, 3.63) is 90.1 Å². The van der Waals surface area contributed by atoms with Crippen molar-refractivity contribution in [2.45, 2.75) is 13.8 Å². The third-order valence-electron chi connectivity index (χ3n) is 4.90. The van der Waals surface area contributed by atoms with Crippen LogP contribution in [0.2, 0.25) is 0 Å². The number of pyridine rings is 1. The van der Waals surface area contributed by atoms with Gasteiger partial charge in [0, 0.05) is 16.3 Å². The zero-order chi connectivity index (χ0) is 21.1. The average Bonchev–Trinajstić information content (AvgIpc) is 2.78. The van der Waals surface area contributed by atoms with Gasteiger partial charge < -0.3 is 9.63 Å². The summed E-state index contributed by atoms with van der Waals surface area (Å²) in [5.74, 6) is -0.490. The van der Waals surface area contributed by atoms with E-state index in [0.29, 0.717) is 5.44 Å². The predicted octanol–water partition coefficient (Wildman–Crippen LogP) is 4.73. The summed E-state index contributed by atoms with van der Waals surface area (Å²) in [5, 5.41) is 2.49. The van der Waals surface area contributed by atoms with E-state index >= 15 is 0 Å². The molecule has 0 saturated carbocycles. The Kier molecular flexibility index (Phi) is 5.89. The van der Waals surface area contributed by atoms with Crippen molar-refractivity contribution in [2.75, 3.05) is 6.61 Å². The van der Waals surface area contributed by atoms with E-state index in [0.717, 1.165) is 32.8 Å². The van der Waals surface area contributed by atoms with Gasteiger partial charge in [0.05, 0.1) is 6.61 Å². The van der Waals surface area contributed by atoms with Gasteiger partial charge in [-0.3, -0.25) is 0 Å². The molecule has 1 heterocycles. The lowest BCUT2D eigenvalue weighted by Crippen LogP contribution is -2.21. The number of fused-ring (bicyclic) bond motifs is 1. The fourth-order valence-corrected chi connectivity index (χ4v) is 4.75. The van der Waals surface area contributed by atoms with Gasteiger partial charge >= 0.3 is 5.97 Å². The highest BCUT2D eigenvalue weighted by atomic mass is 31.1. The maximum Gasteiger partial charge on any atom is 0.357 e. The third kappa shape index (κ3) is 3.85. The summed E-state index contributed by atoms with van der Waals surface area (Å²) in [5.41, 5.74) is 3.46. The van der Waals surface area contributed by atoms with Crippen molar-refractivity contribution in [2.24, 2.45) is 0 Å². The summed E-state index contributed by atoms with van der Waals surface area (Å²) in [6.45, 7) is 4.03. The maximum atomic E-state index is 12.9. The highest BCUT2D eigenvalue weighted by molar-refractivity contribution is 7.67. The molecule has 0 aliphatic heterocycles. The molecular formula is C25H22NO3P. The van der Waals surface area contributed by atoms with E-state index in [2.05, 4.69) is 0 Å². The summed E-state index contributed by atoms with van der Waals surface area (Å²) < 4.78 is 5.32. The summed E-state index contributed by atoms with van der Waals surface area (Å²) in [6, 6.07) is 25.2. The molecule has 0 aliphatic carbocycles. The van der Waals surface area contributed by atoms with E-state index in [1.54, 1.807) is 6.92 Å². The number of rotatable bonds is 5. The zero-order valence-corrected chi connectivity index (χ0v) is 17.8. The first-order valence-electron chi connectivity index (χ1n) is 9.81. The molecule has 4 nitrogen and oxygen atoms in total. The van der Waals surface area contributed by atoms with Gasteiger partial charge in [0.1, 0.15) is 13.6 Å². The van der Waals surface area contributed by atoms with Crippen molar-refractivity contribution >= 4 is 35.6 Å². The number of aryl methyl sites for hydroxylation is 1. The Balaban J connectivity index is 2.01. The molecule has 150 valence electrons. The van der Waals surface area contributed by atoms with Crippen LogP contribution in [0.15, 0.2) is 78.9 Å². The van der Waals surface area contributed by atoms with Gasteiger partial charge in [0.15, 0.2) is 5.69 Å². The third-order valence-corrected chi connectivity index (χ3v) is 6.43. The summed E-state index contributed by atoms with van der Waals surface area (Å²) in [4.78, 5) is 28.8. The Morgan fingerprint density at radius 2 is 1.57 bits per heavy atom. The highest BCUT2D eigenvalue weighted by Gasteiger charge is 2.25. The van der Waals surface area contributed by atoms with Crippen LogP contribution in [-0.2, 0) is 4.74 Å². The molecule has 0 spiro atoms. The molecule has 1 N–H and O–H groups in total. The van der Waals surface area contributed by atoms with Crippen LogP contribution in [0.3, 0.4) is 0 Å². The number of nitrogens with zero attached hydrogens (tertiary/aromatic N) is 1. The zero-order valence-electron chi connectivity index (χ0n) is 16.9. The Hall–Kier alpha value is -3.07. The normalized spacial score (nSPS) is 12.0. The molecule has 0 radical (unpaired) electrons. The van der Waals surface area contributed by atoms with Crippen molar-refractivity contribution in [1.29, 1.82) is 0 Å². The molecule has 1 atom stereocenters. The molecule has 0 saturated heterocycles. The lowest BCUT2D eigenvalue weighted by atomic mass is 9.97. The summed E-state index contributed by atoms with van der Waals surface area (Å²) >= 11 is 0. The largest absolute Gasteiger partial charge is 0.461 e. The van der Waals surface area contributed by atoms with E-state index in [1.165, 1.54) is 0 Å². The van der Waals surface area contributed by atoms with Gasteiger partial charge in [-0.1, -0.05) is 84.4 Å². The van der Waals surface area contributed by atoms with Gasteiger partial charge in [-0.2, -0.15) is 0 Å². The number of carbonyl (C=O) groups excluding carboxylic acids is 1. The van der Waals surface area contributed by atoms with Crippen molar-refractivity contribution in [1.82, 2.24) is 4.98 Å². The van der Waals surface area contributed by atoms with Crippen LogP contribution in [0.25, 0.3) is 21.9 Å². The predicted molar refractivity (Wildman–Crippen MR) is 123 cm³/mol. The lowest BCUT2D eigenvalue weighted by molar-refractivity contribution is 0.0521. The lowest BCUT2D eigenvalue weighted by Gasteiger charge is -2.18. The highest BCUT2D eigenvalue weighted by Crippen LogP contribution is 2.36. The molecule has 0 amide bonds. The molecule has 4 rings (SSSR count). The Morgan fingerprint density at radius 3 is 2.23 bits per heavy atom. The van der Waals surface area contributed by atoms with Crippen LogP contribution in [0.1, 0.15) is 23.0 Å². The quantitative estimate of drug-likeness (QED) is 0.378. The van der Waals surface area contributed by atoms with Crippen LogP contribution in [-0.4, -0.2) is 22.5 Å². The first-order valence-corrected chi connectivity index (χ1v) is 11.1. The molecule has 0 aliphatic rings. The maximum absolute atomic E-state index is 12.9. The second kappa shape index (κ2) is 8.74. The van der Waals surface area contributed by atoms with Gasteiger partial charge in [-0.15, -0.1) is 0 Å². The fourth-order valence-electron chi connectivity index (χ4n) is 3.46. The number of benzene rings is 3. The van der Waals surface area contributed by atoms with Crippen LogP contribution in [0.4, 0.5) is 0 Å². The molecule has 3 aromatic carbocycles.